The summed E-state index contributed by atoms with van der Waals surface area (Å²) in [6.45, 7) is 0. The molecule has 0 unspecified atom stereocenters. The molecule has 0 radical (unpaired) electrons. The molecular formula is C22H12Cl2O6. The van der Waals surface area contributed by atoms with Crippen LogP contribution in [0.1, 0.15) is 41.4 Å². The van der Waals surface area contributed by atoms with Crippen LogP contribution in [0, 0.1) is 0 Å². The second kappa shape index (κ2) is 9.35. The molecule has 0 aromatic heterocycles. The molecule has 0 amide bonds. The summed E-state index contributed by atoms with van der Waals surface area (Å²) in [5.41, 5.74) is 0.491. The zero-order chi connectivity index (χ0) is 21.7. The van der Waals surface area contributed by atoms with Crippen LogP contribution in [-0.2, 0) is 0 Å². The molecule has 0 spiro atoms. The van der Waals surface area contributed by atoms with Gasteiger partial charge in [-0.1, -0.05) is 12.1 Å². The number of benzene rings is 3. The van der Waals surface area contributed by atoms with E-state index in [9.17, 15) is 19.2 Å². The molecule has 0 fully saturated rings. The molecule has 150 valence electrons. The molecule has 0 atom stereocenters. The molecule has 3 rings (SSSR count). The largest absolute Gasteiger partial charge is 0.423 e. The van der Waals surface area contributed by atoms with Gasteiger partial charge in [0.25, 0.3) is 10.5 Å². The first-order valence-corrected chi connectivity index (χ1v) is 9.24. The van der Waals surface area contributed by atoms with Crippen molar-refractivity contribution in [1.29, 1.82) is 0 Å². The molecule has 8 heteroatoms. The van der Waals surface area contributed by atoms with Crippen molar-refractivity contribution in [2.45, 2.75) is 0 Å². The van der Waals surface area contributed by atoms with E-state index in [1.54, 1.807) is 12.1 Å². The second-order valence-corrected chi connectivity index (χ2v) is 6.61. The number of halogens is 2. The van der Waals surface area contributed by atoms with Gasteiger partial charge < -0.3 is 9.47 Å². The first kappa shape index (κ1) is 21.2. The lowest BCUT2D eigenvalue weighted by molar-refractivity contribution is 0.0692. The molecule has 3 aromatic carbocycles. The average molecular weight is 443 g/mol. The lowest BCUT2D eigenvalue weighted by Gasteiger charge is -2.10. The highest BCUT2D eigenvalue weighted by Crippen LogP contribution is 2.20. The number of hydrogen-bond donors (Lipinski definition) is 0. The zero-order valence-corrected chi connectivity index (χ0v) is 16.6. The minimum atomic E-state index is -0.782. The monoisotopic (exact) mass is 442 g/mol. The van der Waals surface area contributed by atoms with Crippen molar-refractivity contribution in [2.75, 3.05) is 0 Å². The molecule has 0 saturated heterocycles. The van der Waals surface area contributed by atoms with E-state index in [4.69, 9.17) is 32.7 Å². The molecule has 0 heterocycles. The maximum absolute atomic E-state index is 12.6. The van der Waals surface area contributed by atoms with Gasteiger partial charge in [-0.3, -0.25) is 9.59 Å². The van der Waals surface area contributed by atoms with E-state index >= 15 is 0 Å². The molecule has 6 nitrogen and oxygen atoms in total. The summed E-state index contributed by atoms with van der Waals surface area (Å²) in [6, 6.07) is 17.3. The standard InChI is InChI=1S/C22H12Cl2O6/c23-19(25)13-5-9-15(10-6-13)29-21(27)17-3-1-2-4-18(17)22(28)30-16-11-7-14(8-12-16)20(24)26/h1-12H. The Labute approximate surface area is 180 Å². The third-order valence-corrected chi connectivity index (χ3v) is 4.39. The number of hydrogen-bond acceptors (Lipinski definition) is 6. The maximum atomic E-state index is 12.6. The quantitative estimate of drug-likeness (QED) is 0.307. The van der Waals surface area contributed by atoms with Gasteiger partial charge in [0, 0.05) is 11.1 Å². The highest BCUT2D eigenvalue weighted by molar-refractivity contribution is 6.68. The van der Waals surface area contributed by atoms with Crippen molar-refractivity contribution in [1.82, 2.24) is 0 Å². The van der Waals surface area contributed by atoms with E-state index in [0.717, 1.165) is 0 Å². The molecule has 0 aliphatic rings. The van der Waals surface area contributed by atoms with Crippen molar-refractivity contribution in [3.05, 3.63) is 95.1 Å². The zero-order valence-electron chi connectivity index (χ0n) is 15.1. The summed E-state index contributed by atoms with van der Waals surface area (Å²) in [5.74, 6) is -1.22. The molecule has 30 heavy (non-hydrogen) atoms. The summed E-state index contributed by atoms with van der Waals surface area (Å²) in [7, 11) is 0. The van der Waals surface area contributed by atoms with Gasteiger partial charge in [0.05, 0.1) is 11.1 Å². The van der Waals surface area contributed by atoms with Crippen molar-refractivity contribution < 1.29 is 28.7 Å². The Morgan fingerprint density at radius 3 is 1.17 bits per heavy atom. The minimum Gasteiger partial charge on any atom is -0.423 e. The summed E-state index contributed by atoms with van der Waals surface area (Å²) in [6.07, 6.45) is 0. The van der Waals surface area contributed by atoms with Crippen molar-refractivity contribution >= 4 is 45.6 Å². The van der Waals surface area contributed by atoms with Crippen LogP contribution in [0.25, 0.3) is 0 Å². The molecule has 0 aliphatic heterocycles. The van der Waals surface area contributed by atoms with Crippen LogP contribution in [0.15, 0.2) is 72.8 Å². The van der Waals surface area contributed by atoms with Gasteiger partial charge >= 0.3 is 11.9 Å². The smallest absolute Gasteiger partial charge is 0.344 e. The molecule has 0 saturated carbocycles. The van der Waals surface area contributed by atoms with E-state index in [2.05, 4.69) is 0 Å². The third-order valence-electron chi connectivity index (χ3n) is 3.95. The number of ether oxygens (including phenoxy) is 2. The fourth-order valence-electron chi connectivity index (χ4n) is 2.47. The van der Waals surface area contributed by atoms with Crippen LogP contribution < -0.4 is 9.47 Å². The lowest BCUT2D eigenvalue weighted by Crippen LogP contribution is -2.17. The van der Waals surface area contributed by atoms with Crippen LogP contribution in [0.5, 0.6) is 11.5 Å². The van der Waals surface area contributed by atoms with E-state index in [1.807, 2.05) is 0 Å². The SMILES string of the molecule is O=C(Cl)c1ccc(OC(=O)c2ccccc2C(=O)Oc2ccc(C(=O)Cl)cc2)cc1. The predicted molar refractivity (Wildman–Crippen MR) is 110 cm³/mol. The summed E-state index contributed by atoms with van der Waals surface area (Å²) >= 11 is 10.8. The first-order valence-electron chi connectivity index (χ1n) is 8.48. The topological polar surface area (TPSA) is 86.7 Å². The fourth-order valence-corrected chi connectivity index (χ4v) is 2.72. The van der Waals surface area contributed by atoms with Crippen LogP contribution in [0.4, 0.5) is 0 Å². The van der Waals surface area contributed by atoms with Gasteiger partial charge in [-0.2, -0.15) is 0 Å². The Morgan fingerprint density at radius 2 is 0.867 bits per heavy atom. The number of esters is 2. The molecule has 3 aromatic rings. The Balaban J connectivity index is 1.77. The van der Waals surface area contributed by atoms with Crippen LogP contribution >= 0.6 is 23.2 Å². The van der Waals surface area contributed by atoms with Gasteiger partial charge in [0.1, 0.15) is 11.5 Å². The van der Waals surface area contributed by atoms with Crippen molar-refractivity contribution in [3.63, 3.8) is 0 Å². The van der Waals surface area contributed by atoms with Gasteiger partial charge in [0.2, 0.25) is 0 Å². The third kappa shape index (κ3) is 5.11. The van der Waals surface area contributed by atoms with Crippen LogP contribution in [0.2, 0.25) is 0 Å². The van der Waals surface area contributed by atoms with Gasteiger partial charge in [-0.05, 0) is 83.9 Å². The highest BCUT2D eigenvalue weighted by atomic mass is 35.5. The Bertz CT molecular complexity index is 1030. The maximum Gasteiger partial charge on any atom is 0.344 e. The summed E-state index contributed by atoms with van der Waals surface area (Å²) < 4.78 is 10.5. The summed E-state index contributed by atoms with van der Waals surface area (Å²) in [5, 5.41) is -1.27. The van der Waals surface area contributed by atoms with Gasteiger partial charge in [-0.25, -0.2) is 9.59 Å². The first-order chi connectivity index (χ1) is 14.3. The fraction of sp³-hybridized carbons (Fsp3) is 0. The Kier molecular flexibility index (Phi) is 6.61. The highest BCUT2D eigenvalue weighted by Gasteiger charge is 2.20. The minimum absolute atomic E-state index is 0.00690. The van der Waals surface area contributed by atoms with Crippen LogP contribution in [-0.4, -0.2) is 22.4 Å². The Morgan fingerprint density at radius 1 is 0.533 bits per heavy atom. The average Bonchev–Trinajstić information content (AvgIpc) is 2.74. The number of rotatable bonds is 6. The normalized spacial score (nSPS) is 10.2. The predicted octanol–water partition coefficient (Wildman–Crippen LogP) is 4.88. The molecular weight excluding hydrogens is 431 g/mol. The number of carbonyl (C=O) groups is 4. The van der Waals surface area contributed by atoms with E-state index in [1.165, 1.54) is 60.7 Å². The molecule has 0 N–H and O–H groups in total. The molecule has 0 bridgehead atoms. The Hall–Kier alpha value is -3.48. The summed E-state index contributed by atoms with van der Waals surface area (Å²) in [4.78, 5) is 47.3. The number of carbonyl (C=O) groups excluding carboxylic acids is 4. The second-order valence-electron chi connectivity index (χ2n) is 5.92. The molecule has 0 aliphatic carbocycles. The van der Waals surface area contributed by atoms with Crippen LogP contribution in [0.3, 0.4) is 0 Å². The lowest BCUT2D eigenvalue weighted by atomic mass is 10.1. The van der Waals surface area contributed by atoms with Crippen molar-refractivity contribution in [2.24, 2.45) is 0 Å². The van der Waals surface area contributed by atoms with Gasteiger partial charge in [-0.15, -0.1) is 0 Å². The van der Waals surface area contributed by atoms with E-state index < -0.39 is 22.4 Å². The van der Waals surface area contributed by atoms with E-state index in [0.29, 0.717) is 0 Å². The van der Waals surface area contributed by atoms with Crippen molar-refractivity contribution in [3.8, 4) is 11.5 Å². The van der Waals surface area contributed by atoms with E-state index in [-0.39, 0.29) is 33.8 Å². The van der Waals surface area contributed by atoms with Gasteiger partial charge in [0.15, 0.2) is 0 Å².